The standard InChI is InChI=1S/C12H15Cl2N3S/c1-3-5-15-11(9-4-6-16-17(9)2)8-7-10(13)18-12(8)14/h4,6-7,11,15H,3,5H2,1-2H3. The Morgan fingerprint density at radius 2 is 2.28 bits per heavy atom. The minimum absolute atomic E-state index is 0.0358. The molecule has 0 spiro atoms. The minimum Gasteiger partial charge on any atom is -0.305 e. The van der Waals surface area contributed by atoms with E-state index >= 15 is 0 Å². The number of halogens is 2. The molecule has 0 aliphatic carbocycles. The summed E-state index contributed by atoms with van der Waals surface area (Å²) in [6, 6.07) is 3.96. The number of rotatable bonds is 5. The van der Waals surface area contributed by atoms with Crippen molar-refractivity contribution in [2.45, 2.75) is 19.4 Å². The fraction of sp³-hybridized carbons (Fsp3) is 0.417. The Bertz CT molecular complexity index is 521. The van der Waals surface area contributed by atoms with Crippen LogP contribution in [0.4, 0.5) is 0 Å². The van der Waals surface area contributed by atoms with E-state index in [4.69, 9.17) is 23.2 Å². The van der Waals surface area contributed by atoms with Crippen molar-refractivity contribution in [2.24, 2.45) is 7.05 Å². The highest BCUT2D eigenvalue weighted by Gasteiger charge is 2.21. The summed E-state index contributed by atoms with van der Waals surface area (Å²) in [7, 11) is 1.93. The van der Waals surface area contributed by atoms with Gasteiger partial charge >= 0.3 is 0 Å². The third-order valence-electron chi connectivity index (χ3n) is 2.75. The van der Waals surface area contributed by atoms with E-state index in [1.165, 1.54) is 11.3 Å². The van der Waals surface area contributed by atoms with Crippen LogP contribution in [0.2, 0.25) is 8.67 Å². The Balaban J connectivity index is 2.37. The van der Waals surface area contributed by atoms with Gasteiger partial charge in [-0.3, -0.25) is 4.68 Å². The number of aromatic nitrogens is 2. The molecule has 18 heavy (non-hydrogen) atoms. The molecule has 1 N–H and O–H groups in total. The van der Waals surface area contributed by atoms with Gasteiger partial charge in [0, 0.05) is 18.8 Å². The predicted octanol–water partition coefficient (Wildman–Crippen LogP) is 3.88. The second-order valence-corrected chi connectivity index (χ2v) is 6.33. The number of nitrogens with one attached hydrogen (secondary N) is 1. The quantitative estimate of drug-likeness (QED) is 0.908. The Morgan fingerprint density at radius 3 is 2.78 bits per heavy atom. The van der Waals surface area contributed by atoms with E-state index in [1.54, 1.807) is 6.20 Å². The van der Waals surface area contributed by atoms with Gasteiger partial charge in [-0.05, 0) is 25.1 Å². The molecule has 2 aromatic rings. The number of aryl methyl sites for hydroxylation is 1. The van der Waals surface area contributed by atoms with Crippen LogP contribution in [0.25, 0.3) is 0 Å². The van der Waals surface area contributed by atoms with Gasteiger partial charge in [-0.1, -0.05) is 30.1 Å². The summed E-state index contributed by atoms with van der Waals surface area (Å²) in [4.78, 5) is 0. The van der Waals surface area contributed by atoms with Crippen molar-refractivity contribution in [1.82, 2.24) is 15.1 Å². The zero-order chi connectivity index (χ0) is 13.1. The molecule has 0 aliphatic rings. The van der Waals surface area contributed by atoms with Crippen LogP contribution < -0.4 is 5.32 Å². The minimum atomic E-state index is 0.0358. The average molecular weight is 304 g/mol. The highest BCUT2D eigenvalue weighted by molar-refractivity contribution is 7.20. The molecule has 2 rings (SSSR count). The lowest BCUT2D eigenvalue weighted by Gasteiger charge is -2.18. The van der Waals surface area contributed by atoms with Crippen LogP contribution in [0.5, 0.6) is 0 Å². The number of thiophene rings is 1. The summed E-state index contributed by atoms with van der Waals surface area (Å²) >= 11 is 13.7. The fourth-order valence-corrected chi connectivity index (χ4v) is 3.41. The molecule has 0 radical (unpaired) electrons. The molecule has 6 heteroatoms. The molecule has 0 aliphatic heterocycles. The Morgan fingerprint density at radius 1 is 1.50 bits per heavy atom. The molecule has 1 atom stereocenters. The molecule has 2 aromatic heterocycles. The summed E-state index contributed by atoms with van der Waals surface area (Å²) in [5, 5.41) is 7.70. The lowest BCUT2D eigenvalue weighted by molar-refractivity contribution is 0.555. The SMILES string of the molecule is CCCNC(c1cc(Cl)sc1Cl)c1ccnn1C. The number of hydrogen-bond acceptors (Lipinski definition) is 3. The topological polar surface area (TPSA) is 29.9 Å². The Labute approximate surface area is 121 Å². The van der Waals surface area contributed by atoms with Crippen molar-refractivity contribution >= 4 is 34.5 Å². The molecule has 0 saturated heterocycles. The molecule has 98 valence electrons. The van der Waals surface area contributed by atoms with Crippen molar-refractivity contribution in [2.75, 3.05) is 6.54 Å². The molecule has 0 amide bonds. The summed E-state index contributed by atoms with van der Waals surface area (Å²) < 4.78 is 3.30. The lowest BCUT2D eigenvalue weighted by atomic mass is 10.1. The summed E-state index contributed by atoms with van der Waals surface area (Å²) in [5.74, 6) is 0. The third kappa shape index (κ3) is 2.88. The molecule has 3 nitrogen and oxygen atoms in total. The van der Waals surface area contributed by atoms with E-state index in [1.807, 2.05) is 23.9 Å². The smallest absolute Gasteiger partial charge is 0.0996 e. The van der Waals surface area contributed by atoms with Crippen molar-refractivity contribution in [3.05, 3.63) is 38.3 Å². The highest BCUT2D eigenvalue weighted by Crippen LogP contribution is 2.37. The second kappa shape index (κ2) is 6.06. The first-order valence-corrected chi connectivity index (χ1v) is 7.36. The number of nitrogens with zero attached hydrogens (tertiary/aromatic N) is 2. The van der Waals surface area contributed by atoms with Crippen LogP contribution >= 0.6 is 34.5 Å². The second-order valence-electron chi connectivity index (χ2n) is 4.05. The largest absolute Gasteiger partial charge is 0.305 e. The zero-order valence-electron chi connectivity index (χ0n) is 10.3. The Kier molecular flexibility index (Phi) is 4.67. The van der Waals surface area contributed by atoms with Crippen molar-refractivity contribution < 1.29 is 0 Å². The predicted molar refractivity (Wildman–Crippen MR) is 77.7 cm³/mol. The van der Waals surface area contributed by atoms with Gasteiger partial charge in [-0.15, -0.1) is 11.3 Å². The third-order valence-corrected chi connectivity index (χ3v) is 4.27. The van der Waals surface area contributed by atoms with E-state index in [9.17, 15) is 0 Å². The summed E-state index contributed by atoms with van der Waals surface area (Å²) in [6.07, 6.45) is 2.85. The molecule has 0 aromatic carbocycles. The molecule has 0 bridgehead atoms. The van der Waals surface area contributed by atoms with Gasteiger partial charge in [-0.25, -0.2) is 0 Å². The van der Waals surface area contributed by atoms with Gasteiger partial charge < -0.3 is 5.32 Å². The number of hydrogen-bond donors (Lipinski definition) is 1. The van der Waals surface area contributed by atoms with Crippen LogP contribution in [0.3, 0.4) is 0 Å². The maximum Gasteiger partial charge on any atom is 0.0996 e. The monoisotopic (exact) mass is 303 g/mol. The van der Waals surface area contributed by atoms with Gasteiger partial charge in [0.25, 0.3) is 0 Å². The summed E-state index contributed by atoms with van der Waals surface area (Å²) in [5.41, 5.74) is 2.10. The molecular weight excluding hydrogens is 289 g/mol. The van der Waals surface area contributed by atoms with Crippen LogP contribution in [0.15, 0.2) is 18.3 Å². The van der Waals surface area contributed by atoms with Crippen LogP contribution in [0.1, 0.15) is 30.6 Å². The maximum atomic E-state index is 6.25. The van der Waals surface area contributed by atoms with Crippen molar-refractivity contribution in [3.8, 4) is 0 Å². The molecule has 0 saturated carbocycles. The normalized spacial score (nSPS) is 12.9. The van der Waals surface area contributed by atoms with Crippen LogP contribution in [0, 0.1) is 0 Å². The Hall–Kier alpha value is -0.550. The van der Waals surface area contributed by atoms with E-state index in [0.29, 0.717) is 4.34 Å². The van der Waals surface area contributed by atoms with Gasteiger partial charge in [0.1, 0.15) is 0 Å². The van der Waals surface area contributed by atoms with Gasteiger partial charge in [-0.2, -0.15) is 5.10 Å². The summed E-state index contributed by atoms with van der Waals surface area (Å²) in [6.45, 7) is 3.05. The van der Waals surface area contributed by atoms with E-state index in [2.05, 4.69) is 17.3 Å². The highest BCUT2D eigenvalue weighted by atomic mass is 35.5. The van der Waals surface area contributed by atoms with Gasteiger partial charge in [0.2, 0.25) is 0 Å². The van der Waals surface area contributed by atoms with Crippen molar-refractivity contribution in [3.63, 3.8) is 0 Å². The van der Waals surface area contributed by atoms with E-state index < -0.39 is 0 Å². The van der Waals surface area contributed by atoms with Crippen molar-refractivity contribution in [1.29, 1.82) is 0 Å². The average Bonchev–Trinajstić information content (AvgIpc) is 2.87. The maximum absolute atomic E-state index is 6.25. The van der Waals surface area contributed by atoms with Crippen LogP contribution in [-0.4, -0.2) is 16.3 Å². The zero-order valence-corrected chi connectivity index (χ0v) is 12.6. The van der Waals surface area contributed by atoms with E-state index in [0.717, 1.165) is 28.6 Å². The molecule has 1 unspecified atom stereocenters. The first-order chi connectivity index (χ1) is 8.63. The first kappa shape index (κ1) is 13.9. The first-order valence-electron chi connectivity index (χ1n) is 5.79. The van der Waals surface area contributed by atoms with Gasteiger partial charge in [0.15, 0.2) is 0 Å². The van der Waals surface area contributed by atoms with E-state index in [-0.39, 0.29) is 6.04 Å². The molecule has 2 heterocycles. The molecule has 0 fully saturated rings. The fourth-order valence-electron chi connectivity index (χ4n) is 1.88. The van der Waals surface area contributed by atoms with Gasteiger partial charge in [0.05, 0.1) is 20.4 Å². The van der Waals surface area contributed by atoms with Crippen LogP contribution in [-0.2, 0) is 7.05 Å². The lowest BCUT2D eigenvalue weighted by Crippen LogP contribution is -2.25. The molecular formula is C12H15Cl2N3S.